The van der Waals surface area contributed by atoms with Crippen LogP contribution in [0.15, 0.2) is 0 Å². The minimum absolute atomic E-state index is 0.0166. The molecule has 16 heavy (non-hydrogen) atoms. The van der Waals surface area contributed by atoms with Crippen LogP contribution in [0.25, 0.3) is 0 Å². The normalized spacial score (nSPS) is 21.4. The number of rotatable bonds is 3. The fourth-order valence-electron chi connectivity index (χ4n) is 1.58. The van der Waals surface area contributed by atoms with E-state index in [1.165, 1.54) is 0 Å². The van der Waals surface area contributed by atoms with Crippen molar-refractivity contribution >= 4 is 11.8 Å². The highest BCUT2D eigenvalue weighted by Crippen LogP contribution is 2.05. The van der Waals surface area contributed by atoms with Crippen LogP contribution in [0.4, 0.5) is 0 Å². The highest BCUT2D eigenvalue weighted by Gasteiger charge is 2.19. The largest absolute Gasteiger partial charge is 0.377 e. The van der Waals surface area contributed by atoms with Crippen molar-refractivity contribution in [2.24, 2.45) is 5.73 Å². The van der Waals surface area contributed by atoms with E-state index < -0.39 is 0 Å². The van der Waals surface area contributed by atoms with Crippen LogP contribution in [0.5, 0.6) is 0 Å². The van der Waals surface area contributed by atoms with Crippen molar-refractivity contribution in [3.63, 3.8) is 0 Å². The molecule has 1 atom stereocenters. The van der Waals surface area contributed by atoms with Gasteiger partial charge in [-0.2, -0.15) is 0 Å². The number of carbonyl (C=O) groups is 2. The van der Waals surface area contributed by atoms with Gasteiger partial charge in [0.25, 0.3) is 0 Å². The first-order chi connectivity index (χ1) is 7.63. The van der Waals surface area contributed by atoms with Crippen molar-refractivity contribution in [2.75, 3.05) is 32.8 Å². The molecule has 1 rings (SSSR count). The molecule has 6 nitrogen and oxygen atoms in total. The Labute approximate surface area is 95.1 Å². The van der Waals surface area contributed by atoms with Gasteiger partial charge in [0.1, 0.15) is 0 Å². The monoisotopic (exact) mass is 229 g/mol. The number of hydrogen-bond donors (Lipinski definition) is 2. The molecule has 0 aliphatic carbocycles. The van der Waals surface area contributed by atoms with E-state index in [0.717, 1.165) is 6.42 Å². The Hall–Kier alpha value is -1.14. The highest BCUT2D eigenvalue weighted by atomic mass is 16.5. The SMILES string of the molecule is CC1CN(C(=O)CNC(=O)CN)CCCO1. The lowest BCUT2D eigenvalue weighted by Gasteiger charge is -2.22. The number of nitrogens with two attached hydrogens (primary N) is 1. The molecule has 1 fully saturated rings. The molecule has 0 spiro atoms. The Morgan fingerprint density at radius 3 is 3.00 bits per heavy atom. The van der Waals surface area contributed by atoms with Crippen LogP contribution < -0.4 is 11.1 Å². The number of nitrogens with one attached hydrogen (secondary N) is 1. The van der Waals surface area contributed by atoms with Gasteiger partial charge in [-0.15, -0.1) is 0 Å². The summed E-state index contributed by atoms with van der Waals surface area (Å²) in [4.78, 5) is 24.3. The third-order valence-electron chi connectivity index (χ3n) is 2.43. The van der Waals surface area contributed by atoms with E-state index in [1.807, 2.05) is 6.92 Å². The smallest absolute Gasteiger partial charge is 0.242 e. The molecule has 1 aliphatic rings. The molecule has 0 saturated carbocycles. The van der Waals surface area contributed by atoms with Gasteiger partial charge < -0.3 is 20.7 Å². The summed E-state index contributed by atoms with van der Waals surface area (Å²) in [7, 11) is 0. The predicted molar refractivity (Wildman–Crippen MR) is 58.7 cm³/mol. The molecule has 6 heteroatoms. The maximum Gasteiger partial charge on any atom is 0.242 e. The van der Waals surface area contributed by atoms with E-state index in [9.17, 15) is 9.59 Å². The van der Waals surface area contributed by atoms with Gasteiger partial charge in [-0.3, -0.25) is 9.59 Å². The Morgan fingerprint density at radius 2 is 2.31 bits per heavy atom. The molecule has 0 aromatic carbocycles. The van der Waals surface area contributed by atoms with E-state index in [1.54, 1.807) is 4.90 Å². The predicted octanol–water partition coefficient (Wildman–Crippen LogP) is -1.30. The second kappa shape index (κ2) is 6.44. The second-order valence-electron chi connectivity index (χ2n) is 3.86. The van der Waals surface area contributed by atoms with Crippen molar-refractivity contribution in [1.82, 2.24) is 10.2 Å². The maximum absolute atomic E-state index is 11.7. The van der Waals surface area contributed by atoms with Crippen molar-refractivity contribution in [3.05, 3.63) is 0 Å². The summed E-state index contributed by atoms with van der Waals surface area (Å²) in [6.07, 6.45) is 0.887. The molecule has 1 aliphatic heterocycles. The Bertz CT molecular complexity index is 258. The number of carbonyl (C=O) groups excluding carboxylic acids is 2. The Morgan fingerprint density at radius 1 is 1.56 bits per heavy atom. The highest BCUT2D eigenvalue weighted by molar-refractivity contribution is 5.85. The van der Waals surface area contributed by atoms with Crippen molar-refractivity contribution in [1.29, 1.82) is 0 Å². The molecule has 1 heterocycles. The Balaban J connectivity index is 2.36. The van der Waals surface area contributed by atoms with Crippen LogP contribution in [-0.4, -0.2) is 55.6 Å². The fraction of sp³-hybridized carbons (Fsp3) is 0.800. The van der Waals surface area contributed by atoms with Gasteiger partial charge in [-0.1, -0.05) is 0 Å². The van der Waals surface area contributed by atoms with Crippen LogP contribution in [0.2, 0.25) is 0 Å². The lowest BCUT2D eigenvalue weighted by Crippen LogP contribution is -2.43. The third-order valence-corrected chi connectivity index (χ3v) is 2.43. The zero-order valence-corrected chi connectivity index (χ0v) is 9.57. The minimum Gasteiger partial charge on any atom is -0.377 e. The van der Waals surface area contributed by atoms with Crippen LogP contribution in [-0.2, 0) is 14.3 Å². The first-order valence-corrected chi connectivity index (χ1v) is 5.49. The van der Waals surface area contributed by atoms with Crippen LogP contribution in [0.3, 0.4) is 0 Å². The third kappa shape index (κ3) is 4.16. The van der Waals surface area contributed by atoms with Gasteiger partial charge >= 0.3 is 0 Å². The minimum atomic E-state index is -0.313. The molecule has 3 N–H and O–H groups in total. The maximum atomic E-state index is 11.7. The van der Waals surface area contributed by atoms with Gasteiger partial charge in [0.05, 0.1) is 19.2 Å². The van der Waals surface area contributed by atoms with Crippen molar-refractivity contribution in [2.45, 2.75) is 19.4 Å². The molecule has 1 unspecified atom stereocenters. The summed E-state index contributed by atoms with van der Waals surface area (Å²) in [5.41, 5.74) is 5.13. The lowest BCUT2D eigenvalue weighted by atomic mass is 10.3. The molecular formula is C10H19N3O3. The first-order valence-electron chi connectivity index (χ1n) is 5.49. The topological polar surface area (TPSA) is 84.7 Å². The summed E-state index contributed by atoms with van der Waals surface area (Å²) >= 11 is 0. The molecule has 1 saturated heterocycles. The summed E-state index contributed by atoms with van der Waals surface area (Å²) in [6, 6.07) is 0. The van der Waals surface area contributed by atoms with Gasteiger partial charge in [0, 0.05) is 19.7 Å². The van der Waals surface area contributed by atoms with E-state index in [-0.39, 0.29) is 31.0 Å². The number of hydrogen-bond acceptors (Lipinski definition) is 4. The molecule has 0 bridgehead atoms. The zero-order chi connectivity index (χ0) is 12.0. The average Bonchev–Trinajstić information content (AvgIpc) is 2.50. The molecule has 0 aromatic rings. The average molecular weight is 229 g/mol. The number of nitrogens with zero attached hydrogens (tertiary/aromatic N) is 1. The van der Waals surface area contributed by atoms with Gasteiger partial charge in [0.15, 0.2) is 0 Å². The Kier molecular flexibility index (Phi) is 5.21. The van der Waals surface area contributed by atoms with E-state index in [2.05, 4.69) is 5.32 Å². The van der Waals surface area contributed by atoms with Crippen LogP contribution >= 0.6 is 0 Å². The number of ether oxygens (including phenoxy) is 1. The summed E-state index contributed by atoms with van der Waals surface area (Å²) in [6.45, 7) is 3.80. The zero-order valence-electron chi connectivity index (χ0n) is 9.57. The van der Waals surface area contributed by atoms with Crippen LogP contribution in [0.1, 0.15) is 13.3 Å². The molecule has 92 valence electrons. The van der Waals surface area contributed by atoms with E-state index in [4.69, 9.17) is 10.5 Å². The lowest BCUT2D eigenvalue weighted by molar-refractivity contribution is -0.133. The summed E-state index contributed by atoms with van der Waals surface area (Å²) in [5, 5.41) is 2.47. The molecule has 2 amide bonds. The van der Waals surface area contributed by atoms with Gasteiger partial charge in [0.2, 0.25) is 11.8 Å². The summed E-state index contributed by atoms with van der Waals surface area (Å²) in [5.74, 6) is -0.397. The molecule has 0 aromatic heterocycles. The number of amides is 2. The molecule has 0 radical (unpaired) electrons. The van der Waals surface area contributed by atoms with Crippen molar-refractivity contribution < 1.29 is 14.3 Å². The standard InChI is InChI=1S/C10H19N3O3/c1-8-7-13(3-2-4-16-8)10(15)6-12-9(14)5-11/h8H,2-7,11H2,1H3,(H,12,14). The van der Waals surface area contributed by atoms with Crippen LogP contribution in [0, 0.1) is 0 Å². The quantitative estimate of drug-likeness (QED) is 0.630. The van der Waals surface area contributed by atoms with Gasteiger partial charge in [-0.25, -0.2) is 0 Å². The van der Waals surface area contributed by atoms with E-state index >= 15 is 0 Å². The fourth-order valence-corrected chi connectivity index (χ4v) is 1.58. The van der Waals surface area contributed by atoms with Crippen molar-refractivity contribution in [3.8, 4) is 0 Å². The van der Waals surface area contributed by atoms with E-state index in [0.29, 0.717) is 19.7 Å². The first kappa shape index (κ1) is 12.9. The molecular weight excluding hydrogens is 210 g/mol. The second-order valence-corrected chi connectivity index (χ2v) is 3.86. The summed E-state index contributed by atoms with van der Waals surface area (Å²) < 4.78 is 5.43. The van der Waals surface area contributed by atoms with Gasteiger partial charge in [-0.05, 0) is 13.3 Å².